The summed E-state index contributed by atoms with van der Waals surface area (Å²) in [7, 11) is 0. The molecule has 2 aliphatic rings. The van der Waals surface area contributed by atoms with E-state index >= 15 is 0 Å². The number of halogens is 1. The van der Waals surface area contributed by atoms with Crippen LogP contribution < -0.4 is 0 Å². The number of hydrogen-bond acceptors (Lipinski definition) is 4. The van der Waals surface area contributed by atoms with Gasteiger partial charge in [-0.3, -0.25) is 9.69 Å². The molecule has 5 nitrogen and oxygen atoms in total. The lowest BCUT2D eigenvalue weighted by molar-refractivity contribution is -0.124. The van der Waals surface area contributed by atoms with Crippen LogP contribution in [-0.4, -0.2) is 33.1 Å². The minimum atomic E-state index is -1.00. The molecule has 7 heteroatoms. The topological polar surface area (TPSA) is 70.0 Å². The van der Waals surface area contributed by atoms with E-state index in [1.807, 2.05) is 18.2 Å². The maximum absolute atomic E-state index is 13.3. The summed E-state index contributed by atoms with van der Waals surface area (Å²) in [6.45, 7) is 0. The molecule has 2 aromatic rings. The Morgan fingerprint density at radius 2 is 1.90 bits per heavy atom. The Morgan fingerprint density at radius 1 is 1.13 bits per heavy atom. The highest BCUT2D eigenvalue weighted by Gasteiger charge is 2.38. The molecule has 0 radical (unpaired) electrons. The average molecular weight is 441 g/mol. The zero-order valence-corrected chi connectivity index (χ0v) is 17.8. The lowest BCUT2D eigenvalue weighted by atomic mass is 9.94. The third kappa shape index (κ3) is 4.45. The van der Waals surface area contributed by atoms with Crippen molar-refractivity contribution in [1.29, 1.82) is 0 Å². The number of benzene rings is 2. The maximum atomic E-state index is 13.3. The van der Waals surface area contributed by atoms with E-state index in [1.54, 1.807) is 29.2 Å². The third-order valence-corrected chi connectivity index (χ3v) is 6.61. The van der Waals surface area contributed by atoms with Crippen LogP contribution >= 0.6 is 23.4 Å². The van der Waals surface area contributed by atoms with Gasteiger partial charge in [0.25, 0.3) is 5.91 Å². The van der Waals surface area contributed by atoms with Gasteiger partial charge in [0.05, 0.1) is 16.2 Å². The maximum Gasteiger partial charge on any atom is 0.335 e. The molecule has 1 amide bonds. The molecular formula is C23H21ClN2O3S. The molecule has 1 aliphatic carbocycles. The van der Waals surface area contributed by atoms with Crippen molar-refractivity contribution in [2.45, 2.75) is 38.1 Å². The predicted octanol–water partition coefficient (Wildman–Crippen LogP) is 5.97. The molecule has 154 valence electrons. The molecule has 2 fully saturated rings. The van der Waals surface area contributed by atoms with Gasteiger partial charge in [-0.1, -0.05) is 55.1 Å². The van der Waals surface area contributed by atoms with Gasteiger partial charge in [0, 0.05) is 11.1 Å². The molecular weight excluding hydrogens is 420 g/mol. The Labute approximate surface area is 184 Å². The molecule has 4 rings (SSSR count). The quantitative estimate of drug-likeness (QED) is 0.594. The first-order valence-electron chi connectivity index (χ1n) is 9.92. The monoisotopic (exact) mass is 440 g/mol. The van der Waals surface area contributed by atoms with Crippen molar-refractivity contribution in [3.63, 3.8) is 0 Å². The van der Waals surface area contributed by atoms with Crippen LogP contribution in [0.25, 0.3) is 6.08 Å². The van der Waals surface area contributed by atoms with E-state index in [9.17, 15) is 14.7 Å². The Morgan fingerprint density at radius 3 is 2.63 bits per heavy atom. The molecule has 1 saturated carbocycles. The molecule has 0 unspecified atom stereocenters. The van der Waals surface area contributed by atoms with E-state index in [0.717, 1.165) is 31.2 Å². The number of amides is 1. The normalized spacial score (nSPS) is 20.3. The molecule has 0 spiro atoms. The zero-order valence-electron chi connectivity index (χ0n) is 16.3. The number of aromatic carboxylic acids is 1. The van der Waals surface area contributed by atoms with E-state index in [2.05, 4.69) is 4.99 Å². The first kappa shape index (κ1) is 20.7. The summed E-state index contributed by atoms with van der Waals surface area (Å²) in [5.74, 6) is -1.07. The second-order valence-corrected chi connectivity index (χ2v) is 8.77. The van der Waals surface area contributed by atoms with Gasteiger partial charge in [-0.05, 0) is 60.5 Å². The van der Waals surface area contributed by atoms with Gasteiger partial charge in [0.1, 0.15) is 0 Å². The van der Waals surface area contributed by atoms with Crippen LogP contribution in [0.1, 0.15) is 48.0 Å². The Kier molecular flexibility index (Phi) is 6.25. The third-order valence-electron chi connectivity index (χ3n) is 5.29. The summed E-state index contributed by atoms with van der Waals surface area (Å²) < 4.78 is 0. The summed E-state index contributed by atoms with van der Waals surface area (Å²) in [5, 5.41) is 10.4. The van der Waals surface area contributed by atoms with Gasteiger partial charge in [0.15, 0.2) is 5.17 Å². The predicted molar refractivity (Wildman–Crippen MR) is 121 cm³/mol. The van der Waals surface area contributed by atoms with E-state index in [-0.39, 0.29) is 17.5 Å². The molecule has 0 bridgehead atoms. The number of nitrogens with zero attached hydrogens (tertiary/aromatic N) is 2. The van der Waals surface area contributed by atoms with Gasteiger partial charge in [-0.25, -0.2) is 9.79 Å². The van der Waals surface area contributed by atoms with Gasteiger partial charge in [0.2, 0.25) is 0 Å². The van der Waals surface area contributed by atoms with Crippen molar-refractivity contribution in [3.05, 3.63) is 69.6 Å². The summed E-state index contributed by atoms with van der Waals surface area (Å²) in [6.07, 6.45) is 7.05. The summed E-state index contributed by atoms with van der Waals surface area (Å²) in [6, 6.07) is 14.0. The van der Waals surface area contributed by atoms with E-state index in [4.69, 9.17) is 11.6 Å². The number of carbonyl (C=O) groups is 2. The van der Waals surface area contributed by atoms with E-state index < -0.39 is 5.97 Å². The fourth-order valence-corrected chi connectivity index (χ4v) is 5.02. The fraction of sp³-hybridized carbons (Fsp3) is 0.261. The second-order valence-electron chi connectivity index (χ2n) is 7.35. The number of rotatable bonds is 4. The minimum absolute atomic E-state index is 0.0695. The smallest absolute Gasteiger partial charge is 0.335 e. The summed E-state index contributed by atoms with van der Waals surface area (Å²) in [5.41, 5.74) is 1.47. The Bertz CT molecular complexity index is 1040. The highest BCUT2D eigenvalue weighted by molar-refractivity contribution is 8.18. The summed E-state index contributed by atoms with van der Waals surface area (Å²) in [4.78, 5) is 31.6. The Hall–Kier alpha value is -2.57. The Balaban J connectivity index is 1.73. The molecule has 1 N–H and O–H groups in total. The molecule has 30 heavy (non-hydrogen) atoms. The van der Waals surface area contributed by atoms with Crippen LogP contribution in [0.3, 0.4) is 0 Å². The molecule has 1 aliphatic heterocycles. The molecule has 1 saturated heterocycles. The van der Waals surface area contributed by atoms with E-state index in [1.165, 1.54) is 30.3 Å². The minimum Gasteiger partial charge on any atom is -0.478 e. The van der Waals surface area contributed by atoms with Crippen molar-refractivity contribution in [2.75, 3.05) is 0 Å². The molecule has 0 aromatic heterocycles. The van der Waals surface area contributed by atoms with Crippen LogP contribution in [0.4, 0.5) is 5.69 Å². The SMILES string of the molecule is O=C(O)c1cccc(N=C2S/C(=C\c3ccccc3Cl)C(=O)N2C2CCCCC2)c1. The number of thioether (sulfide) groups is 1. The van der Waals surface area contributed by atoms with Crippen LogP contribution in [0.15, 0.2) is 58.4 Å². The highest BCUT2D eigenvalue weighted by Crippen LogP contribution is 2.39. The number of hydrogen-bond donors (Lipinski definition) is 1. The lowest BCUT2D eigenvalue weighted by Gasteiger charge is -2.30. The number of carbonyl (C=O) groups excluding carboxylic acids is 1. The largest absolute Gasteiger partial charge is 0.478 e. The highest BCUT2D eigenvalue weighted by atomic mass is 35.5. The summed E-state index contributed by atoms with van der Waals surface area (Å²) >= 11 is 7.60. The van der Waals surface area contributed by atoms with Gasteiger partial charge < -0.3 is 5.11 Å². The number of carboxylic acids is 1. The van der Waals surface area contributed by atoms with Crippen molar-refractivity contribution in [1.82, 2.24) is 4.90 Å². The molecule has 2 aromatic carbocycles. The van der Waals surface area contributed by atoms with Crippen molar-refractivity contribution in [2.24, 2.45) is 4.99 Å². The average Bonchev–Trinajstić information content (AvgIpc) is 3.05. The van der Waals surface area contributed by atoms with Crippen molar-refractivity contribution >= 4 is 52.2 Å². The number of amidine groups is 1. The standard InChI is InChI=1S/C23H21ClN2O3S/c24-19-12-5-4-7-15(19)14-20-21(27)26(18-10-2-1-3-11-18)23(30-20)25-17-9-6-8-16(13-17)22(28)29/h4-9,12-14,18H,1-3,10-11H2,(H,28,29)/b20-14-,25-23?. The fourth-order valence-electron chi connectivity index (χ4n) is 3.78. The van der Waals surface area contributed by atoms with Gasteiger partial charge >= 0.3 is 5.97 Å². The van der Waals surface area contributed by atoms with Crippen LogP contribution in [0, 0.1) is 0 Å². The molecule has 1 heterocycles. The zero-order chi connectivity index (χ0) is 21.1. The van der Waals surface area contributed by atoms with Gasteiger partial charge in [-0.15, -0.1) is 0 Å². The van der Waals surface area contributed by atoms with Gasteiger partial charge in [-0.2, -0.15) is 0 Å². The second kappa shape index (κ2) is 9.06. The molecule has 0 atom stereocenters. The first-order valence-corrected chi connectivity index (χ1v) is 11.1. The van der Waals surface area contributed by atoms with Crippen molar-refractivity contribution in [3.8, 4) is 0 Å². The lowest BCUT2D eigenvalue weighted by Crippen LogP contribution is -2.40. The first-order chi connectivity index (χ1) is 14.5. The number of carboxylic acid groups (broad SMARTS) is 1. The number of aliphatic imine (C=N–C) groups is 1. The van der Waals surface area contributed by atoms with Crippen LogP contribution in [0.2, 0.25) is 5.02 Å². The van der Waals surface area contributed by atoms with Crippen LogP contribution in [0.5, 0.6) is 0 Å². The van der Waals surface area contributed by atoms with E-state index in [0.29, 0.717) is 20.8 Å². The van der Waals surface area contributed by atoms with Crippen LogP contribution in [-0.2, 0) is 4.79 Å². The van der Waals surface area contributed by atoms with Crippen molar-refractivity contribution < 1.29 is 14.7 Å².